The fraction of sp³-hybridized carbons (Fsp3) is 0.286. The first-order chi connectivity index (χ1) is 13.8. The van der Waals surface area contributed by atoms with E-state index < -0.39 is 30.4 Å². The van der Waals surface area contributed by atoms with Crippen molar-refractivity contribution in [2.45, 2.75) is 26.4 Å². The maximum atomic E-state index is 12.9. The Hall–Kier alpha value is -2.93. The molecule has 2 aromatic rings. The van der Waals surface area contributed by atoms with Gasteiger partial charge in [0.1, 0.15) is 11.9 Å². The van der Waals surface area contributed by atoms with Crippen molar-refractivity contribution in [2.24, 2.45) is 5.92 Å². The van der Waals surface area contributed by atoms with E-state index in [1.54, 1.807) is 50.2 Å². The van der Waals surface area contributed by atoms with Crippen molar-refractivity contribution >= 4 is 29.4 Å². The second kappa shape index (κ2) is 10.6. The predicted octanol–water partition coefficient (Wildman–Crippen LogP) is 3.09. The van der Waals surface area contributed by atoms with Crippen molar-refractivity contribution in [3.63, 3.8) is 0 Å². The van der Waals surface area contributed by atoms with Crippen molar-refractivity contribution < 1.29 is 23.5 Å². The zero-order valence-corrected chi connectivity index (χ0v) is 16.8. The third-order valence-electron chi connectivity index (χ3n) is 4.07. The molecule has 0 fully saturated rings. The molecule has 2 aromatic carbocycles. The SMILES string of the molecule is CC(C)[C@H](NC(=O)c1ccccc1Cl)C(=O)OCC(=O)NCc1ccc(F)cc1. The van der Waals surface area contributed by atoms with E-state index in [0.717, 1.165) is 0 Å². The highest BCUT2D eigenvalue weighted by molar-refractivity contribution is 6.33. The largest absolute Gasteiger partial charge is 0.454 e. The lowest BCUT2D eigenvalue weighted by Gasteiger charge is -2.21. The summed E-state index contributed by atoms with van der Waals surface area (Å²) in [6.45, 7) is 3.17. The van der Waals surface area contributed by atoms with Crippen molar-refractivity contribution in [3.8, 4) is 0 Å². The van der Waals surface area contributed by atoms with Gasteiger partial charge in [0.15, 0.2) is 6.61 Å². The zero-order valence-electron chi connectivity index (χ0n) is 16.1. The monoisotopic (exact) mass is 420 g/mol. The summed E-state index contributed by atoms with van der Waals surface area (Å²) in [5.41, 5.74) is 0.947. The van der Waals surface area contributed by atoms with Crippen LogP contribution >= 0.6 is 11.6 Å². The molecule has 2 amide bonds. The number of amides is 2. The average molecular weight is 421 g/mol. The number of hydrogen-bond donors (Lipinski definition) is 2. The van der Waals surface area contributed by atoms with E-state index in [-0.39, 0.29) is 28.9 Å². The molecule has 0 aliphatic heterocycles. The molecular weight excluding hydrogens is 399 g/mol. The Morgan fingerprint density at radius 3 is 2.34 bits per heavy atom. The summed E-state index contributed by atoms with van der Waals surface area (Å²) in [6, 6.07) is 11.2. The molecule has 2 N–H and O–H groups in total. The minimum Gasteiger partial charge on any atom is -0.454 e. The number of halogens is 2. The molecule has 0 bridgehead atoms. The highest BCUT2D eigenvalue weighted by Crippen LogP contribution is 2.15. The topological polar surface area (TPSA) is 84.5 Å². The number of hydrogen-bond acceptors (Lipinski definition) is 4. The summed E-state index contributed by atoms with van der Waals surface area (Å²) < 4.78 is 17.9. The van der Waals surface area contributed by atoms with E-state index in [1.807, 2.05) is 0 Å². The van der Waals surface area contributed by atoms with Crippen LogP contribution in [0.4, 0.5) is 4.39 Å². The number of benzene rings is 2. The molecule has 0 aromatic heterocycles. The van der Waals surface area contributed by atoms with Gasteiger partial charge in [-0.1, -0.05) is 49.7 Å². The minimum absolute atomic E-state index is 0.174. The van der Waals surface area contributed by atoms with E-state index in [2.05, 4.69) is 10.6 Å². The highest BCUT2D eigenvalue weighted by atomic mass is 35.5. The van der Waals surface area contributed by atoms with Crippen LogP contribution in [0.1, 0.15) is 29.8 Å². The lowest BCUT2D eigenvalue weighted by Crippen LogP contribution is -2.46. The molecule has 0 unspecified atom stereocenters. The van der Waals surface area contributed by atoms with Gasteiger partial charge < -0.3 is 15.4 Å². The smallest absolute Gasteiger partial charge is 0.329 e. The Balaban J connectivity index is 1.87. The van der Waals surface area contributed by atoms with E-state index in [1.165, 1.54) is 12.1 Å². The standard InChI is InChI=1S/C21H22ClFN2O4/c1-13(2)19(25-20(27)16-5-3-4-6-17(16)22)21(28)29-12-18(26)24-11-14-7-9-15(23)10-8-14/h3-10,13,19H,11-12H2,1-2H3,(H,24,26)(H,25,27)/t19-/m0/s1. The number of carbonyl (C=O) groups is 3. The summed E-state index contributed by atoms with van der Waals surface area (Å²) in [5.74, 6) is -2.38. The van der Waals surface area contributed by atoms with Gasteiger partial charge in [-0.3, -0.25) is 9.59 Å². The van der Waals surface area contributed by atoms with Crippen LogP contribution in [0.2, 0.25) is 5.02 Å². The third kappa shape index (κ3) is 6.87. The molecule has 0 spiro atoms. The fourth-order valence-corrected chi connectivity index (χ4v) is 2.66. The quantitative estimate of drug-likeness (QED) is 0.643. The molecule has 29 heavy (non-hydrogen) atoms. The molecule has 0 aliphatic carbocycles. The fourth-order valence-electron chi connectivity index (χ4n) is 2.44. The normalized spacial score (nSPS) is 11.6. The molecule has 1 atom stereocenters. The second-order valence-corrected chi connectivity index (χ2v) is 7.09. The molecule has 0 saturated carbocycles. The molecule has 154 valence electrons. The van der Waals surface area contributed by atoms with E-state index in [4.69, 9.17) is 16.3 Å². The van der Waals surface area contributed by atoms with E-state index >= 15 is 0 Å². The highest BCUT2D eigenvalue weighted by Gasteiger charge is 2.27. The molecule has 0 saturated heterocycles. The van der Waals surface area contributed by atoms with Crippen LogP contribution in [0.15, 0.2) is 48.5 Å². The molecule has 0 radical (unpaired) electrons. The third-order valence-corrected chi connectivity index (χ3v) is 4.40. The summed E-state index contributed by atoms with van der Waals surface area (Å²) >= 11 is 6.01. The first kappa shape index (κ1) is 22.4. The van der Waals surface area contributed by atoms with Crippen LogP contribution in [0, 0.1) is 11.7 Å². The summed E-state index contributed by atoms with van der Waals surface area (Å²) in [6.07, 6.45) is 0. The van der Waals surface area contributed by atoms with Gasteiger partial charge in [0.25, 0.3) is 11.8 Å². The van der Waals surface area contributed by atoms with Gasteiger partial charge in [0, 0.05) is 6.54 Å². The number of rotatable bonds is 8. The van der Waals surface area contributed by atoms with Crippen LogP contribution < -0.4 is 10.6 Å². The van der Waals surface area contributed by atoms with Crippen molar-refractivity contribution in [1.29, 1.82) is 0 Å². The van der Waals surface area contributed by atoms with Crippen LogP contribution in [-0.4, -0.2) is 30.4 Å². The number of ether oxygens (including phenoxy) is 1. The van der Waals surface area contributed by atoms with Crippen molar-refractivity contribution in [2.75, 3.05) is 6.61 Å². The van der Waals surface area contributed by atoms with Gasteiger partial charge in [-0.05, 0) is 35.7 Å². The van der Waals surface area contributed by atoms with E-state index in [9.17, 15) is 18.8 Å². The van der Waals surface area contributed by atoms with Gasteiger partial charge in [-0.15, -0.1) is 0 Å². The van der Waals surface area contributed by atoms with Crippen LogP contribution in [-0.2, 0) is 20.9 Å². The van der Waals surface area contributed by atoms with Crippen LogP contribution in [0.5, 0.6) is 0 Å². The Morgan fingerprint density at radius 2 is 1.72 bits per heavy atom. The Bertz CT molecular complexity index is 871. The van der Waals surface area contributed by atoms with Crippen molar-refractivity contribution in [3.05, 3.63) is 70.5 Å². The Labute approximate surface area is 173 Å². The van der Waals surface area contributed by atoms with Gasteiger partial charge in [-0.2, -0.15) is 0 Å². The molecule has 2 rings (SSSR count). The van der Waals surface area contributed by atoms with E-state index in [0.29, 0.717) is 5.56 Å². The van der Waals surface area contributed by atoms with Gasteiger partial charge >= 0.3 is 5.97 Å². The number of esters is 1. The van der Waals surface area contributed by atoms with Gasteiger partial charge in [0.2, 0.25) is 0 Å². The Kier molecular flexibility index (Phi) is 8.15. The first-order valence-electron chi connectivity index (χ1n) is 9.01. The first-order valence-corrected chi connectivity index (χ1v) is 9.39. The number of carbonyl (C=O) groups excluding carboxylic acids is 3. The second-order valence-electron chi connectivity index (χ2n) is 6.69. The summed E-state index contributed by atoms with van der Waals surface area (Å²) in [4.78, 5) is 36.7. The number of nitrogens with one attached hydrogen (secondary N) is 2. The molecule has 8 heteroatoms. The molecule has 0 aliphatic rings. The lowest BCUT2D eigenvalue weighted by atomic mass is 10.0. The maximum Gasteiger partial charge on any atom is 0.329 e. The maximum absolute atomic E-state index is 12.9. The minimum atomic E-state index is -0.941. The van der Waals surface area contributed by atoms with Gasteiger partial charge in [0.05, 0.1) is 10.6 Å². The van der Waals surface area contributed by atoms with Gasteiger partial charge in [-0.25, -0.2) is 9.18 Å². The van der Waals surface area contributed by atoms with Crippen LogP contribution in [0.25, 0.3) is 0 Å². The zero-order chi connectivity index (χ0) is 21.4. The average Bonchev–Trinajstić information content (AvgIpc) is 2.69. The Morgan fingerprint density at radius 1 is 1.07 bits per heavy atom. The lowest BCUT2D eigenvalue weighted by molar-refractivity contribution is -0.151. The summed E-state index contributed by atoms with van der Waals surface area (Å²) in [7, 11) is 0. The van der Waals surface area contributed by atoms with Crippen molar-refractivity contribution in [1.82, 2.24) is 10.6 Å². The summed E-state index contributed by atoms with van der Waals surface area (Å²) in [5, 5.41) is 5.43. The predicted molar refractivity (Wildman–Crippen MR) is 107 cm³/mol. The van der Waals surface area contributed by atoms with Crippen LogP contribution in [0.3, 0.4) is 0 Å². The molecule has 0 heterocycles. The molecular formula is C21H22ClFN2O4. The molecule has 6 nitrogen and oxygen atoms in total.